The number of hydrogen-bond donors (Lipinski definition) is 0. The van der Waals surface area contributed by atoms with Gasteiger partial charge in [0.1, 0.15) is 0 Å². The monoisotopic (exact) mass is 238 g/mol. The van der Waals surface area contributed by atoms with Gasteiger partial charge in [0.2, 0.25) is 0 Å². The standard InChI is InChI=1S/C15H20N2/c1-11(2)13-6-5-7-14(12(3)4)15(13)17-9-8-16-10-17/h5-12H,1-4H3/i1D3,3D3,8D,9D,11D,12D. The number of benzene rings is 1. The van der Waals surface area contributed by atoms with Gasteiger partial charge in [-0.2, -0.15) is 0 Å². The van der Waals surface area contributed by atoms with Crippen molar-refractivity contribution in [3.05, 3.63) is 48.0 Å². The third-order valence-electron chi connectivity index (χ3n) is 2.49. The van der Waals surface area contributed by atoms with Gasteiger partial charge in [-0.1, -0.05) is 45.8 Å². The molecule has 90 valence electrons. The lowest BCUT2D eigenvalue weighted by molar-refractivity contribution is 0.805. The van der Waals surface area contributed by atoms with E-state index in [0.717, 1.165) is 10.9 Å². The van der Waals surface area contributed by atoms with Crippen molar-refractivity contribution in [3.63, 3.8) is 0 Å². The molecule has 0 saturated heterocycles. The predicted octanol–water partition coefficient (Wildman–Crippen LogP) is 4.12. The molecule has 0 radical (unpaired) electrons. The van der Waals surface area contributed by atoms with E-state index in [-0.39, 0.29) is 16.8 Å². The third kappa shape index (κ3) is 2.26. The summed E-state index contributed by atoms with van der Waals surface area (Å²) >= 11 is 0. The number of nitrogens with zero attached hydrogens (tertiary/aromatic N) is 2. The molecule has 1 heterocycles. The molecule has 1 aromatic heterocycles. The molecule has 2 heteroatoms. The second-order valence-electron chi connectivity index (χ2n) is 3.79. The number of hydrogen-bond acceptors (Lipinski definition) is 1. The largest absolute Gasteiger partial charge is 0.306 e. The van der Waals surface area contributed by atoms with Crippen LogP contribution in [0, 0.1) is 0 Å². The van der Waals surface area contributed by atoms with E-state index in [1.165, 1.54) is 32.0 Å². The summed E-state index contributed by atoms with van der Waals surface area (Å²) in [6.07, 6.45) is 0.307. The molecule has 2 atom stereocenters. The first kappa shape index (κ1) is 4.60. The third-order valence-corrected chi connectivity index (χ3v) is 2.49. The van der Waals surface area contributed by atoms with Crippen molar-refractivity contribution in [2.75, 3.05) is 0 Å². The molecule has 0 saturated carbocycles. The highest BCUT2D eigenvalue weighted by molar-refractivity contribution is 5.51. The van der Waals surface area contributed by atoms with Crippen LogP contribution >= 0.6 is 0 Å². The maximum atomic E-state index is 8.44. The Morgan fingerprint density at radius 3 is 2.41 bits per heavy atom. The Morgan fingerprint density at radius 2 is 1.94 bits per heavy atom. The summed E-state index contributed by atoms with van der Waals surface area (Å²) in [7, 11) is 0. The van der Waals surface area contributed by atoms with E-state index in [4.69, 9.17) is 13.7 Å². The molecule has 0 bridgehead atoms. The molecule has 0 amide bonds. The van der Waals surface area contributed by atoms with Crippen LogP contribution in [-0.2, 0) is 0 Å². The van der Waals surface area contributed by atoms with E-state index in [1.54, 1.807) is 0 Å². The van der Waals surface area contributed by atoms with E-state index in [9.17, 15) is 0 Å². The minimum Gasteiger partial charge on any atom is -0.306 e. The number of imidazole rings is 1. The molecule has 0 aliphatic rings. The van der Waals surface area contributed by atoms with E-state index in [2.05, 4.69) is 4.98 Å². The zero-order valence-electron chi connectivity index (χ0n) is 19.7. The summed E-state index contributed by atoms with van der Waals surface area (Å²) in [6.45, 7) is -3.18. The van der Waals surface area contributed by atoms with Gasteiger partial charge in [-0.15, -0.1) is 0 Å². The van der Waals surface area contributed by atoms with Crippen molar-refractivity contribution in [2.24, 2.45) is 0 Å². The van der Waals surface area contributed by atoms with Crippen LogP contribution in [-0.4, -0.2) is 9.55 Å². The van der Waals surface area contributed by atoms with Crippen LogP contribution in [0.15, 0.2) is 36.9 Å². The lowest BCUT2D eigenvalue weighted by Gasteiger charge is -2.19. The average Bonchev–Trinajstić information content (AvgIpc) is 2.83. The fourth-order valence-corrected chi connectivity index (χ4v) is 1.72. The molecule has 0 aliphatic carbocycles. The van der Waals surface area contributed by atoms with Crippen LogP contribution < -0.4 is 0 Å². The summed E-state index contributed by atoms with van der Waals surface area (Å²) in [4.78, 5) is 3.70. The zero-order valence-corrected chi connectivity index (χ0v) is 9.70. The van der Waals surface area contributed by atoms with Crippen molar-refractivity contribution in [3.8, 4) is 5.69 Å². The Kier molecular flexibility index (Phi) is 1.28. The van der Waals surface area contributed by atoms with Gasteiger partial charge in [-0.3, -0.25) is 0 Å². The normalized spacial score (nSPS) is 28.4. The molecule has 1 aromatic carbocycles. The van der Waals surface area contributed by atoms with Crippen molar-refractivity contribution in [1.82, 2.24) is 9.55 Å². The molecule has 2 nitrogen and oxygen atoms in total. The molecule has 2 unspecified atom stereocenters. The summed E-state index contributed by atoms with van der Waals surface area (Å²) in [5, 5.41) is 0. The SMILES string of the molecule is [2H]c1ncn(-c2c(C([2H])(C)C([2H])([2H])[2H])cccc2C([2H])(C)C([2H])([2H])[2H])c1[2H]. The van der Waals surface area contributed by atoms with Crippen molar-refractivity contribution in [2.45, 2.75) is 39.3 Å². The molecular formula is C15H20N2. The molecule has 17 heavy (non-hydrogen) atoms. The average molecular weight is 238 g/mol. The number of rotatable bonds is 3. The Morgan fingerprint density at radius 1 is 1.29 bits per heavy atom. The predicted molar refractivity (Wildman–Crippen MR) is 71.7 cm³/mol. The van der Waals surface area contributed by atoms with Crippen molar-refractivity contribution >= 4 is 0 Å². The fraction of sp³-hybridized carbons (Fsp3) is 0.400. The highest BCUT2D eigenvalue weighted by Crippen LogP contribution is 2.30. The highest BCUT2D eigenvalue weighted by Gasteiger charge is 2.14. The van der Waals surface area contributed by atoms with Gasteiger partial charge in [-0.25, -0.2) is 4.98 Å². The fourth-order valence-electron chi connectivity index (χ4n) is 1.72. The molecule has 0 spiro atoms. The van der Waals surface area contributed by atoms with Crippen LogP contribution in [0.1, 0.15) is 64.2 Å². The first-order chi connectivity index (χ1) is 12.0. The Labute approximate surface area is 117 Å². The Balaban J connectivity index is 2.98. The van der Waals surface area contributed by atoms with E-state index < -0.39 is 37.8 Å². The Hall–Kier alpha value is -1.57. The van der Waals surface area contributed by atoms with E-state index in [1.807, 2.05) is 0 Å². The quantitative estimate of drug-likeness (QED) is 0.786. The molecule has 0 aliphatic heterocycles. The second kappa shape index (κ2) is 4.74. The first-order valence-electron chi connectivity index (χ1n) is 10.2. The van der Waals surface area contributed by atoms with Gasteiger partial charge in [0.05, 0.1) is 14.8 Å². The van der Waals surface area contributed by atoms with Gasteiger partial charge in [0, 0.05) is 23.3 Å². The summed E-state index contributed by atoms with van der Waals surface area (Å²) in [5.41, 5.74) is -0.238. The van der Waals surface area contributed by atoms with Crippen molar-refractivity contribution in [1.29, 1.82) is 0 Å². The maximum absolute atomic E-state index is 8.44. The van der Waals surface area contributed by atoms with Crippen LogP contribution in [0.3, 0.4) is 0 Å². The lowest BCUT2D eigenvalue weighted by atomic mass is 9.92. The van der Waals surface area contributed by atoms with Crippen LogP contribution in [0.2, 0.25) is 0 Å². The summed E-state index contributed by atoms with van der Waals surface area (Å²) in [5.74, 6) is -4.30. The van der Waals surface area contributed by atoms with Gasteiger partial charge < -0.3 is 4.57 Å². The minimum absolute atomic E-state index is 0.0753. The zero-order chi connectivity index (χ0) is 21.0. The van der Waals surface area contributed by atoms with Gasteiger partial charge in [0.15, 0.2) is 0 Å². The lowest BCUT2D eigenvalue weighted by Crippen LogP contribution is -2.05. The topological polar surface area (TPSA) is 17.8 Å². The van der Waals surface area contributed by atoms with Crippen LogP contribution in [0.5, 0.6) is 0 Å². The highest BCUT2D eigenvalue weighted by atomic mass is 15.0. The van der Waals surface area contributed by atoms with Gasteiger partial charge in [0.25, 0.3) is 0 Å². The molecule has 2 rings (SSSR count). The summed E-state index contributed by atoms with van der Waals surface area (Å²) in [6, 6.07) is 4.11. The molecule has 0 fully saturated rings. The second-order valence-corrected chi connectivity index (χ2v) is 3.79. The van der Waals surface area contributed by atoms with Gasteiger partial charge in [-0.05, 0) is 22.9 Å². The molecule has 0 N–H and O–H groups in total. The van der Waals surface area contributed by atoms with E-state index in [0.29, 0.717) is 0 Å². The van der Waals surface area contributed by atoms with Gasteiger partial charge >= 0.3 is 0 Å². The van der Waals surface area contributed by atoms with Crippen LogP contribution in [0.25, 0.3) is 5.69 Å². The van der Waals surface area contributed by atoms with E-state index >= 15 is 0 Å². The molecular weight excluding hydrogens is 208 g/mol. The number of para-hydroxylation sites is 1. The maximum Gasteiger partial charge on any atom is 0.0991 e. The Bertz CT molecular complexity index is 801. The first-order valence-corrected chi connectivity index (χ1v) is 5.18. The smallest absolute Gasteiger partial charge is 0.0991 e. The van der Waals surface area contributed by atoms with Crippen LogP contribution in [0.4, 0.5) is 0 Å². The van der Waals surface area contributed by atoms with Crippen molar-refractivity contribution < 1.29 is 13.7 Å². The number of aromatic nitrogens is 2. The molecule has 2 aromatic rings. The minimum atomic E-state index is -2.76. The summed E-state index contributed by atoms with van der Waals surface area (Å²) < 4.78 is 79.9.